The quantitative estimate of drug-likeness (QED) is 0.652. The Hall–Kier alpha value is -2.99. The summed E-state index contributed by atoms with van der Waals surface area (Å²) in [4.78, 5) is 27.8. The van der Waals surface area contributed by atoms with Gasteiger partial charge in [0.1, 0.15) is 5.01 Å². The number of hydrogen-bond donors (Lipinski definition) is 2. The van der Waals surface area contributed by atoms with Crippen molar-refractivity contribution in [1.82, 2.24) is 10.3 Å². The van der Waals surface area contributed by atoms with Crippen LogP contribution >= 0.6 is 11.3 Å². The van der Waals surface area contributed by atoms with Crippen molar-refractivity contribution in [1.29, 1.82) is 0 Å². The first-order valence-electron chi connectivity index (χ1n) is 9.29. The number of thiazole rings is 1. The standard InChI is InChI=1S/C22H21N3O2S/c1-14(26)23-12-15-5-7-16(8-6-15)20-13-28-22(25-20)18-3-2-4-19(11-18)24-21(27)17-9-10-17/h2-8,11,13,17H,9-10,12H2,1H3,(H,23,26)(H,24,27). The second-order valence-electron chi connectivity index (χ2n) is 6.99. The Kier molecular flexibility index (Phi) is 5.21. The number of anilines is 1. The molecule has 1 aliphatic rings. The van der Waals surface area contributed by atoms with Gasteiger partial charge < -0.3 is 10.6 Å². The Morgan fingerprint density at radius 2 is 1.89 bits per heavy atom. The summed E-state index contributed by atoms with van der Waals surface area (Å²) in [5.74, 6) is 0.254. The lowest BCUT2D eigenvalue weighted by Crippen LogP contribution is -2.18. The maximum Gasteiger partial charge on any atom is 0.227 e. The second-order valence-corrected chi connectivity index (χ2v) is 7.85. The van der Waals surface area contributed by atoms with Gasteiger partial charge in [-0.1, -0.05) is 36.4 Å². The fourth-order valence-electron chi connectivity index (χ4n) is 2.88. The highest BCUT2D eigenvalue weighted by Gasteiger charge is 2.29. The van der Waals surface area contributed by atoms with E-state index >= 15 is 0 Å². The molecule has 0 unspecified atom stereocenters. The van der Waals surface area contributed by atoms with Crippen molar-refractivity contribution in [3.63, 3.8) is 0 Å². The number of rotatable bonds is 6. The minimum Gasteiger partial charge on any atom is -0.352 e. The number of amides is 2. The molecule has 0 spiro atoms. The van der Waals surface area contributed by atoms with E-state index in [1.807, 2.05) is 53.9 Å². The van der Waals surface area contributed by atoms with E-state index in [1.54, 1.807) is 11.3 Å². The van der Waals surface area contributed by atoms with E-state index in [4.69, 9.17) is 4.98 Å². The van der Waals surface area contributed by atoms with Crippen LogP contribution in [-0.4, -0.2) is 16.8 Å². The van der Waals surface area contributed by atoms with Crippen molar-refractivity contribution in [2.24, 2.45) is 5.92 Å². The van der Waals surface area contributed by atoms with Gasteiger partial charge in [-0.3, -0.25) is 9.59 Å². The van der Waals surface area contributed by atoms with Crippen LogP contribution in [0.2, 0.25) is 0 Å². The number of nitrogens with zero attached hydrogens (tertiary/aromatic N) is 1. The molecule has 28 heavy (non-hydrogen) atoms. The third-order valence-electron chi connectivity index (χ3n) is 4.62. The molecule has 0 aliphatic heterocycles. The molecule has 2 aromatic carbocycles. The van der Waals surface area contributed by atoms with Gasteiger partial charge in [-0.25, -0.2) is 4.98 Å². The number of carbonyl (C=O) groups excluding carboxylic acids is 2. The zero-order chi connectivity index (χ0) is 19.5. The van der Waals surface area contributed by atoms with Crippen molar-refractivity contribution < 1.29 is 9.59 Å². The largest absolute Gasteiger partial charge is 0.352 e. The molecule has 1 heterocycles. The monoisotopic (exact) mass is 391 g/mol. The van der Waals surface area contributed by atoms with Crippen LogP contribution in [0.5, 0.6) is 0 Å². The predicted octanol–water partition coefficient (Wildman–Crippen LogP) is 4.46. The molecule has 1 aliphatic carbocycles. The van der Waals surface area contributed by atoms with Crippen molar-refractivity contribution in [3.8, 4) is 21.8 Å². The Labute approximate surface area is 167 Å². The van der Waals surface area contributed by atoms with Gasteiger partial charge in [0.15, 0.2) is 0 Å². The molecule has 5 nitrogen and oxygen atoms in total. The van der Waals surface area contributed by atoms with Gasteiger partial charge in [-0.2, -0.15) is 0 Å². The highest BCUT2D eigenvalue weighted by Crippen LogP contribution is 2.32. The molecule has 142 valence electrons. The molecule has 0 bridgehead atoms. The van der Waals surface area contributed by atoms with E-state index in [-0.39, 0.29) is 17.7 Å². The average Bonchev–Trinajstić information content (AvgIpc) is 3.44. The van der Waals surface area contributed by atoms with Gasteiger partial charge >= 0.3 is 0 Å². The Morgan fingerprint density at radius 3 is 2.61 bits per heavy atom. The third-order valence-corrected chi connectivity index (χ3v) is 5.51. The van der Waals surface area contributed by atoms with Gasteiger partial charge in [0.25, 0.3) is 0 Å². The van der Waals surface area contributed by atoms with Crippen LogP contribution in [0.3, 0.4) is 0 Å². The van der Waals surface area contributed by atoms with E-state index in [2.05, 4.69) is 10.6 Å². The highest BCUT2D eigenvalue weighted by molar-refractivity contribution is 7.13. The molecule has 6 heteroatoms. The summed E-state index contributed by atoms with van der Waals surface area (Å²) < 4.78 is 0. The van der Waals surface area contributed by atoms with Gasteiger partial charge in [0.2, 0.25) is 11.8 Å². The molecule has 0 saturated heterocycles. The van der Waals surface area contributed by atoms with Crippen LogP contribution < -0.4 is 10.6 Å². The van der Waals surface area contributed by atoms with E-state index in [0.717, 1.165) is 45.9 Å². The summed E-state index contributed by atoms with van der Waals surface area (Å²) in [6.07, 6.45) is 1.98. The smallest absolute Gasteiger partial charge is 0.227 e. The molecule has 3 aromatic rings. The van der Waals surface area contributed by atoms with Gasteiger partial charge in [-0.15, -0.1) is 11.3 Å². The molecule has 1 fully saturated rings. The summed E-state index contributed by atoms with van der Waals surface area (Å²) in [5.41, 5.74) is 4.81. The Bertz CT molecular complexity index is 1010. The molecule has 2 N–H and O–H groups in total. The van der Waals surface area contributed by atoms with E-state index in [1.165, 1.54) is 6.92 Å². The van der Waals surface area contributed by atoms with E-state index in [0.29, 0.717) is 6.54 Å². The number of hydrogen-bond acceptors (Lipinski definition) is 4. The summed E-state index contributed by atoms with van der Waals surface area (Å²) in [6, 6.07) is 15.9. The number of carbonyl (C=O) groups is 2. The fraction of sp³-hybridized carbons (Fsp3) is 0.227. The first kappa shape index (κ1) is 18.4. The summed E-state index contributed by atoms with van der Waals surface area (Å²) in [7, 11) is 0. The fourth-order valence-corrected chi connectivity index (χ4v) is 3.70. The lowest BCUT2D eigenvalue weighted by Gasteiger charge is -2.05. The number of nitrogens with one attached hydrogen (secondary N) is 2. The van der Waals surface area contributed by atoms with Crippen molar-refractivity contribution >= 4 is 28.8 Å². The highest BCUT2D eigenvalue weighted by atomic mass is 32.1. The minimum absolute atomic E-state index is 0.0382. The predicted molar refractivity (Wildman–Crippen MR) is 112 cm³/mol. The molecule has 0 atom stereocenters. The maximum absolute atomic E-state index is 12.0. The zero-order valence-corrected chi connectivity index (χ0v) is 16.4. The van der Waals surface area contributed by atoms with Crippen LogP contribution in [0.4, 0.5) is 5.69 Å². The van der Waals surface area contributed by atoms with E-state index in [9.17, 15) is 9.59 Å². The maximum atomic E-state index is 12.0. The Balaban J connectivity index is 1.48. The lowest BCUT2D eigenvalue weighted by molar-refractivity contribution is -0.119. The molecule has 2 amide bonds. The van der Waals surface area contributed by atoms with Crippen LogP contribution in [0, 0.1) is 5.92 Å². The Morgan fingerprint density at radius 1 is 1.11 bits per heavy atom. The minimum atomic E-state index is -0.0382. The van der Waals surface area contributed by atoms with Crippen molar-refractivity contribution in [2.75, 3.05) is 5.32 Å². The normalized spacial score (nSPS) is 13.2. The molecule has 4 rings (SSSR count). The van der Waals surface area contributed by atoms with Crippen molar-refractivity contribution in [3.05, 3.63) is 59.5 Å². The van der Waals surface area contributed by atoms with Crippen molar-refractivity contribution in [2.45, 2.75) is 26.3 Å². The van der Waals surface area contributed by atoms with Crippen LogP contribution in [0.25, 0.3) is 21.8 Å². The zero-order valence-electron chi connectivity index (χ0n) is 15.6. The van der Waals surface area contributed by atoms with Crippen LogP contribution in [0.15, 0.2) is 53.9 Å². The summed E-state index contributed by atoms with van der Waals surface area (Å²) in [5, 5.41) is 8.73. The molecular formula is C22H21N3O2S. The van der Waals surface area contributed by atoms with Gasteiger partial charge in [-0.05, 0) is 30.5 Å². The SMILES string of the molecule is CC(=O)NCc1ccc(-c2csc(-c3cccc(NC(=O)C4CC4)c3)n2)cc1. The first-order chi connectivity index (χ1) is 13.6. The molecular weight excluding hydrogens is 370 g/mol. The van der Waals surface area contributed by atoms with Gasteiger partial charge in [0, 0.05) is 41.6 Å². The second kappa shape index (κ2) is 7.94. The molecule has 1 aromatic heterocycles. The van der Waals surface area contributed by atoms with Crippen LogP contribution in [0.1, 0.15) is 25.3 Å². The third kappa shape index (κ3) is 4.46. The molecule has 0 radical (unpaired) electrons. The number of aromatic nitrogens is 1. The van der Waals surface area contributed by atoms with E-state index < -0.39 is 0 Å². The van der Waals surface area contributed by atoms with Crippen LogP contribution in [-0.2, 0) is 16.1 Å². The first-order valence-corrected chi connectivity index (χ1v) is 10.2. The summed E-state index contributed by atoms with van der Waals surface area (Å²) >= 11 is 1.58. The van der Waals surface area contributed by atoms with Gasteiger partial charge in [0.05, 0.1) is 5.69 Å². The topological polar surface area (TPSA) is 71.1 Å². The summed E-state index contributed by atoms with van der Waals surface area (Å²) in [6.45, 7) is 2.04. The number of benzene rings is 2. The molecule has 1 saturated carbocycles. The lowest BCUT2D eigenvalue weighted by atomic mass is 10.1. The average molecular weight is 391 g/mol.